The van der Waals surface area contributed by atoms with Gasteiger partial charge in [-0.25, -0.2) is 0 Å². The van der Waals surface area contributed by atoms with Crippen LogP contribution < -0.4 is 0 Å². The van der Waals surface area contributed by atoms with E-state index in [2.05, 4.69) is 16.7 Å². The minimum Gasteiger partial charge on any atom is -0.300 e. The number of likely N-dealkylation sites (tertiary alicyclic amines) is 1. The molecule has 2 heteroatoms. The Bertz CT molecular complexity index is 184. The van der Waals surface area contributed by atoms with Crippen molar-refractivity contribution in [2.75, 3.05) is 24.6 Å². The lowest BCUT2D eigenvalue weighted by atomic mass is 9.78. The first-order valence-electron chi connectivity index (χ1n) is 5.70. The van der Waals surface area contributed by atoms with Crippen molar-refractivity contribution in [2.24, 2.45) is 5.41 Å². The van der Waals surface area contributed by atoms with E-state index in [-0.39, 0.29) is 0 Å². The monoisotopic (exact) mass is 197 g/mol. The zero-order chi connectivity index (χ0) is 8.73. The molecule has 1 aliphatic carbocycles. The molecule has 0 atom stereocenters. The SMILES string of the molecule is C1CC2(CCN(C3CC3)CC2)CS1. The highest BCUT2D eigenvalue weighted by Gasteiger charge is 2.40. The smallest absolute Gasteiger partial charge is 0.00964 e. The summed E-state index contributed by atoms with van der Waals surface area (Å²) in [5.74, 6) is 2.90. The van der Waals surface area contributed by atoms with Gasteiger partial charge in [0, 0.05) is 6.04 Å². The minimum absolute atomic E-state index is 0.788. The van der Waals surface area contributed by atoms with Crippen molar-refractivity contribution in [3.8, 4) is 0 Å². The Morgan fingerprint density at radius 2 is 1.85 bits per heavy atom. The molecule has 2 aliphatic heterocycles. The Hall–Kier alpha value is 0.310. The van der Waals surface area contributed by atoms with Crippen molar-refractivity contribution in [1.29, 1.82) is 0 Å². The van der Waals surface area contributed by atoms with Crippen LogP contribution in [0.25, 0.3) is 0 Å². The molecule has 1 nitrogen and oxygen atoms in total. The first-order valence-corrected chi connectivity index (χ1v) is 6.85. The van der Waals surface area contributed by atoms with Gasteiger partial charge in [0.15, 0.2) is 0 Å². The van der Waals surface area contributed by atoms with Gasteiger partial charge in [0.25, 0.3) is 0 Å². The number of thioether (sulfide) groups is 1. The summed E-state index contributed by atoms with van der Waals surface area (Å²) in [7, 11) is 0. The molecule has 0 aromatic heterocycles. The normalized spacial score (nSPS) is 34.2. The summed E-state index contributed by atoms with van der Waals surface area (Å²) in [5.41, 5.74) is 0.788. The molecule has 13 heavy (non-hydrogen) atoms. The molecule has 0 radical (unpaired) electrons. The first kappa shape index (κ1) is 8.60. The molecule has 0 amide bonds. The van der Waals surface area contributed by atoms with Gasteiger partial charge < -0.3 is 4.90 Å². The van der Waals surface area contributed by atoms with Gasteiger partial charge in [-0.1, -0.05) is 0 Å². The standard InChI is InChI=1S/C11H19NS/c1-2-10(1)12-6-3-11(4-7-12)5-8-13-9-11/h10H,1-9H2. The number of hydrogen-bond acceptors (Lipinski definition) is 2. The van der Waals surface area contributed by atoms with Gasteiger partial charge in [-0.05, 0) is 62.1 Å². The largest absolute Gasteiger partial charge is 0.300 e. The summed E-state index contributed by atoms with van der Waals surface area (Å²) in [4.78, 5) is 2.74. The molecule has 3 fully saturated rings. The molecule has 0 N–H and O–H groups in total. The Kier molecular flexibility index (Phi) is 2.09. The molecule has 0 aromatic rings. The van der Waals surface area contributed by atoms with Crippen LogP contribution in [0.5, 0.6) is 0 Å². The molecular weight excluding hydrogens is 178 g/mol. The maximum Gasteiger partial charge on any atom is 0.00964 e. The van der Waals surface area contributed by atoms with Crippen LogP contribution in [-0.4, -0.2) is 35.5 Å². The number of piperidine rings is 1. The van der Waals surface area contributed by atoms with Gasteiger partial charge in [0.1, 0.15) is 0 Å². The third-order valence-corrected chi connectivity index (χ3v) is 5.42. The molecule has 1 spiro atoms. The average molecular weight is 197 g/mol. The number of nitrogens with zero attached hydrogens (tertiary/aromatic N) is 1. The third-order valence-electron chi connectivity index (χ3n) is 4.11. The summed E-state index contributed by atoms with van der Waals surface area (Å²) in [5, 5.41) is 0. The Morgan fingerprint density at radius 3 is 2.38 bits per heavy atom. The highest BCUT2D eigenvalue weighted by atomic mass is 32.2. The quantitative estimate of drug-likeness (QED) is 0.635. The second-order valence-corrected chi connectivity index (χ2v) is 6.17. The molecular formula is C11H19NS. The van der Waals surface area contributed by atoms with Crippen molar-refractivity contribution < 1.29 is 0 Å². The van der Waals surface area contributed by atoms with E-state index in [1.165, 1.54) is 56.7 Å². The van der Waals surface area contributed by atoms with Gasteiger partial charge in [-0.2, -0.15) is 11.8 Å². The van der Waals surface area contributed by atoms with Crippen molar-refractivity contribution in [3.05, 3.63) is 0 Å². The topological polar surface area (TPSA) is 3.24 Å². The van der Waals surface area contributed by atoms with E-state index >= 15 is 0 Å². The average Bonchev–Trinajstić information content (AvgIpc) is 2.91. The highest BCUT2D eigenvalue weighted by Crippen LogP contribution is 2.45. The predicted octanol–water partition coefficient (Wildman–Crippen LogP) is 2.37. The summed E-state index contributed by atoms with van der Waals surface area (Å²) >= 11 is 2.19. The summed E-state index contributed by atoms with van der Waals surface area (Å²) in [6.45, 7) is 2.82. The van der Waals surface area contributed by atoms with E-state index in [0.29, 0.717) is 0 Å². The fourth-order valence-electron chi connectivity index (χ4n) is 2.85. The molecule has 2 heterocycles. The lowest BCUT2D eigenvalue weighted by Gasteiger charge is -2.39. The molecule has 0 unspecified atom stereocenters. The van der Waals surface area contributed by atoms with E-state index in [0.717, 1.165) is 11.5 Å². The fraction of sp³-hybridized carbons (Fsp3) is 1.00. The van der Waals surface area contributed by atoms with Gasteiger partial charge >= 0.3 is 0 Å². The third kappa shape index (κ3) is 1.63. The molecule has 1 saturated carbocycles. The van der Waals surface area contributed by atoms with E-state index in [1.54, 1.807) is 0 Å². The van der Waals surface area contributed by atoms with E-state index in [4.69, 9.17) is 0 Å². The molecule has 0 aromatic carbocycles. The Labute approximate surface area is 85.3 Å². The summed E-state index contributed by atoms with van der Waals surface area (Å²) in [6, 6.07) is 1.01. The van der Waals surface area contributed by atoms with Crippen LogP contribution in [0.1, 0.15) is 32.1 Å². The van der Waals surface area contributed by atoms with Crippen LogP contribution in [-0.2, 0) is 0 Å². The van der Waals surface area contributed by atoms with Crippen LogP contribution in [0.15, 0.2) is 0 Å². The lowest BCUT2D eigenvalue weighted by Crippen LogP contribution is -2.41. The predicted molar refractivity (Wildman–Crippen MR) is 58.2 cm³/mol. The van der Waals surface area contributed by atoms with Gasteiger partial charge in [-0.15, -0.1) is 0 Å². The summed E-state index contributed by atoms with van der Waals surface area (Å²) in [6.07, 6.45) is 7.48. The molecule has 0 bridgehead atoms. The number of hydrogen-bond donors (Lipinski definition) is 0. The van der Waals surface area contributed by atoms with Crippen LogP contribution >= 0.6 is 11.8 Å². The molecule has 3 rings (SSSR count). The molecule has 3 aliphatic rings. The van der Waals surface area contributed by atoms with Gasteiger partial charge in [0.2, 0.25) is 0 Å². The maximum absolute atomic E-state index is 2.74. The van der Waals surface area contributed by atoms with E-state index in [1.807, 2.05) is 0 Å². The zero-order valence-electron chi connectivity index (χ0n) is 8.30. The fourth-order valence-corrected chi connectivity index (χ4v) is 4.43. The van der Waals surface area contributed by atoms with Gasteiger partial charge in [0.05, 0.1) is 0 Å². The van der Waals surface area contributed by atoms with Gasteiger partial charge in [-0.3, -0.25) is 0 Å². The Morgan fingerprint density at radius 1 is 1.08 bits per heavy atom. The van der Waals surface area contributed by atoms with Crippen molar-refractivity contribution in [2.45, 2.75) is 38.1 Å². The highest BCUT2D eigenvalue weighted by molar-refractivity contribution is 7.99. The molecule has 74 valence electrons. The molecule has 2 saturated heterocycles. The second kappa shape index (κ2) is 3.16. The lowest BCUT2D eigenvalue weighted by molar-refractivity contribution is 0.118. The van der Waals surface area contributed by atoms with Crippen LogP contribution in [0, 0.1) is 5.41 Å². The minimum atomic E-state index is 0.788. The van der Waals surface area contributed by atoms with Crippen molar-refractivity contribution in [1.82, 2.24) is 4.90 Å². The Balaban J connectivity index is 1.59. The van der Waals surface area contributed by atoms with Crippen molar-refractivity contribution in [3.63, 3.8) is 0 Å². The van der Waals surface area contributed by atoms with Crippen LogP contribution in [0.3, 0.4) is 0 Å². The van der Waals surface area contributed by atoms with E-state index in [9.17, 15) is 0 Å². The van der Waals surface area contributed by atoms with Crippen molar-refractivity contribution >= 4 is 11.8 Å². The number of rotatable bonds is 1. The van der Waals surface area contributed by atoms with Crippen LogP contribution in [0.2, 0.25) is 0 Å². The zero-order valence-corrected chi connectivity index (χ0v) is 9.11. The van der Waals surface area contributed by atoms with Crippen LogP contribution in [0.4, 0.5) is 0 Å². The summed E-state index contributed by atoms with van der Waals surface area (Å²) < 4.78 is 0. The van der Waals surface area contributed by atoms with E-state index < -0.39 is 0 Å². The second-order valence-electron chi connectivity index (χ2n) is 5.07. The maximum atomic E-state index is 2.74. The first-order chi connectivity index (χ1) is 6.38.